The molecule has 1 saturated carbocycles. The lowest BCUT2D eigenvalue weighted by atomic mass is 9.97. The zero-order valence-electron chi connectivity index (χ0n) is 19.8. The van der Waals surface area contributed by atoms with Gasteiger partial charge in [0, 0.05) is 18.8 Å². The normalized spacial score (nSPS) is 16.2. The Morgan fingerprint density at radius 1 is 1.09 bits per heavy atom. The van der Waals surface area contributed by atoms with Crippen molar-refractivity contribution in [3.05, 3.63) is 65.2 Å². The Bertz CT molecular complexity index is 1100. The van der Waals surface area contributed by atoms with E-state index in [9.17, 15) is 9.59 Å². The molecule has 4 rings (SSSR count). The molecule has 0 radical (unpaired) electrons. The molecule has 1 aliphatic carbocycles. The fourth-order valence-electron chi connectivity index (χ4n) is 3.87. The molecule has 1 fully saturated rings. The first-order valence-corrected chi connectivity index (χ1v) is 11.7. The predicted octanol–water partition coefficient (Wildman–Crippen LogP) is 5.93. The molecule has 0 aromatic heterocycles. The van der Waals surface area contributed by atoms with Gasteiger partial charge < -0.3 is 14.4 Å². The van der Waals surface area contributed by atoms with Gasteiger partial charge in [-0.25, -0.2) is 0 Å². The van der Waals surface area contributed by atoms with Crippen LogP contribution in [-0.4, -0.2) is 30.4 Å². The van der Waals surface area contributed by atoms with Crippen LogP contribution in [0.1, 0.15) is 62.0 Å². The van der Waals surface area contributed by atoms with Crippen LogP contribution in [-0.2, 0) is 4.79 Å². The van der Waals surface area contributed by atoms with Gasteiger partial charge in [0.1, 0.15) is 17.1 Å². The van der Waals surface area contributed by atoms with Gasteiger partial charge in [0.05, 0.1) is 17.0 Å². The Balaban J connectivity index is 1.58. The van der Waals surface area contributed by atoms with Crippen molar-refractivity contribution >= 4 is 29.6 Å². The number of fused-ring (bicyclic) bond motifs is 1. The van der Waals surface area contributed by atoms with Crippen molar-refractivity contribution < 1.29 is 19.1 Å². The molecule has 2 aromatic rings. The third-order valence-corrected chi connectivity index (χ3v) is 6.01. The van der Waals surface area contributed by atoms with Gasteiger partial charge in [-0.3, -0.25) is 9.59 Å². The average Bonchev–Trinajstić information content (AvgIpc) is 3.64. The number of allylic oxidation sites excluding steroid dienone is 1. The highest BCUT2D eigenvalue weighted by atomic mass is 16.5. The molecule has 2 aliphatic rings. The van der Waals surface area contributed by atoms with E-state index in [4.69, 9.17) is 9.47 Å². The zero-order valence-corrected chi connectivity index (χ0v) is 19.8. The fourth-order valence-corrected chi connectivity index (χ4v) is 3.87. The lowest BCUT2D eigenvalue weighted by Gasteiger charge is -2.29. The largest absolute Gasteiger partial charge is 0.482 e. The number of anilines is 1. The van der Waals surface area contributed by atoms with Crippen LogP contribution < -0.4 is 14.4 Å². The van der Waals surface area contributed by atoms with Crippen LogP contribution in [0.5, 0.6) is 11.5 Å². The van der Waals surface area contributed by atoms with E-state index in [0.29, 0.717) is 22.6 Å². The maximum absolute atomic E-state index is 13.1. The van der Waals surface area contributed by atoms with Crippen molar-refractivity contribution in [1.29, 1.82) is 0 Å². The molecule has 0 N–H and O–H groups in total. The molecule has 1 aliphatic heterocycles. The molecule has 0 saturated heterocycles. The highest BCUT2D eigenvalue weighted by Gasteiger charge is 2.33. The van der Waals surface area contributed by atoms with Crippen LogP contribution in [0.25, 0.3) is 12.2 Å². The second kappa shape index (κ2) is 9.26. The standard InChI is InChI=1S/C28H31NO4/c1-5-29(6-2)21-12-7-19(8-13-21)9-15-24(30)22-14-16-25(32-27(31)20-10-11-20)23-17-18-28(3,4)33-26(22)23/h7-9,12-18,20H,5-6,10-11H2,1-4H3/b15-9+. The topological polar surface area (TPSA) is 55.8 Å². The van der Waals surface area contributed by atoms with Crippen molar-refractivity contribution in [2.24, 2.45) is 5.92 Å². The van der Waals surface area contributed by atoms with Gasteiger partial charge >= 0.3 is 5.97 Å². The van der Waals surface area contributed by atoms with Crippen molar-refractivity contribution in [2.75, 3.05) is 18.0 Å². The van der Waals surface area contributed by atoms with E-state index in [1.165, 1.54) is 0 Å². The molecule has 0 unspecified atom stereocenters. The smallest absolute Gasteiger partial charge is 0.314 e. The third-order valence-electron chi connectivity index (χ3n) is 6.01. The Hall–Kier alpha value is -3.34. The average molecular weight is 446 g/mol. The van der Waals surface area contributed by atoms with Gasteiger partial charge in [-0.2, -0.15) is 0 Å². The van der Waals surface area contributed by atoms with Crippen LogP contribution in [0, 0.1) is 5.92 Å². The molecule has 5 heteroatoms. The SMILES string of the molecule is CCN(CC)c1ccc(/C=C/C(=O)c2ccc(OC(=O)C3CC3)c3c2OC(C)(C)C=C3)cc1. The highest BCUT2D eigenvalue weighted by molar-refractivity contribution is 6.09. The second-order valence-corrected chi connectivity index (χ2v) is 9.05. The molecule has 1 heterocycles. The Morgan fingerprint density at radius 3 is 2.42 bits per heavy atom. The number of carbonyl (C=O) groups excluding carboxylic acids is 2. The van der Waals surface area contributed by atoms with Gasteiger partial charge in [0.2, 0.25) is 0 Å². The lowest BCUT2D eigenvalue weighted by Crippen LogP contribution is -2.29. The number of ether oxygens (including phenoxy) is 2. The van der Waals surface area contributed by atoms with Crippen molar-refractivity contribution in [3.8, 4) is 11.5 Å². The van der Waals surface area contributed by atoms with Crippen molar-refractivity contribution in [1.82, 2.24) is 0 Å². The summed E-state index contributed by atoms with van der Waals surface area (Å²) in [4.78, 5) is 27.6. The molecule has 0 amide bonds. The van der Waals surface area contributed by atoms with Crippen molar-refractivity contribution in [2.45, 2.75) is 46.1 Å². The maximum atomic E-state index is 13.1. The lowest BCUT2D eigenvalue weighted by molar-refractivity contribution is -0.135. The number of esters is 1. The summed E-state index contributed by atoms with van der Waals surface area (Å²) in [5.41, 5.74) is 2.63. The Kier molecular flexibility index (Phi) is 6.41. The summed E-state index contributed by atoms with van der Waals surface area (Å²) in [6.45, 7) is 10.0. The molecule has 0 bridgehead atoms. The van der Waals surface area contributed by atoms with Crippen LogP contribution in [0.15, 0.2) is 48.6 Å². The number of carbonyl (C=O) groups is 2. The molecule has 33 heavy (non-hydrogen) atoms. The fraction of sp³-hybridized carbons (Fsp3) is 0.357. The summed E-state index contributed by atoms with van der Waals surface area (Å²) >= 11 is 0. The van der Waals surface area contributed by atoms with E-state index >= 15 is 0 Å². The van der Waals surface area contributed by atoms with Gasteiger partial charge in [0.25, 0.3) is 0 Å². The minimum Gasteiger partial charge on any atom is -0.482 e. The zero-order chi connectivity index (χ0) is 23.6. The number of benzene rings is 2. The monoisotopic (exact) mass is 445 g/mol. The van der Waals surface area contributed by atoms with Crippen LogP contribution in [0.4, 0.5) is 5.69 Å². The summed E-state index contributed by atoms with van der Waals surface area (Å²) in [5.74, 6) is 0.493. The molecular weight excluding hydrogens is 414 g/mol. The van der Waals surface area contributed by atoms with E-state index < -0.39 is 5.60 Å². The summed E-state index contributed by atoms with van der Waals surface area (Å²) in [7, 11) is 0. The highest BCUT2D eigenvalue weighted by Crippen LogP contribution is 2.41. The van der Waals surface area contributed by atoms with Crippen LogP contribution in [0.2, 0.25) is 0 Å². The third kappa shape index (κ3) is 5.19. The van der Waals surface area contributed by atoms with Gasteiger partial charge in [-0.15, -0.1) is 0 Å². The summed E-state index contributed by atoms with van der Waals surface area (Å²) in [6.07, 6.45) is 8.90. The van der Waals surface area contributed by atoms with Gasteiger partial charge in [-0.1, -0.05) is 18.2 Å². The minimum absolute atomic E-state index is 0.0112. The van der Waals surface area contributed by atoms with Crippen molar-refractivity contribution in [3.63, 3.8) is 0 Å². The molecule has 0 atom stereocenters. The van der Waals surface area contributed by atoms with Gasteiger partial charge in [0.15, 0.2) is 5.78 Å². The number of ketones is 1. The molecular formula is C28H31NO4. The maximum Gasteiger partial charge on any atom is 0.314 e. The van der Waals surface area contributed by atoms with Gasteiger partial charge in [-0.05, 0) is 88.6 Å². The van der Waals surface area contributed by atoms with E-state index in [0.717, 1.165) is 37.2 Å². The quantitative estimate of drug-likeness (QED) is 0.218. The molecule has 5 nitrogen and oxygen atoms in total. The van der Waals surface area contributed by atoms with E-state index in [2.05, 4.69) is 30.9 Å². The first-order valence-electron chi connectivity index (χ1n) is 11.7. The van der Waals surface area contributed by atoms with E-state index in [1.54, 1.807) is 18.2 Å². The molecule has 0 spiro atoms. The Labute approximate surface area is 195 Å². The van der Waals surface area contributed by atoms with Crippen LogP contribution >= 0.6 is 0 Å². The molecule has 172 valence electrons. The summed E-state index contributed by atoms with van der Waals surface area (Å²) in [6, 6.07) is 11.5. The number of nitrogens with zero attached hydrogens (tertiary/aromatic N) is 1. The first kappa shape index (κ1) is 22.8. The minimum atomic E-state index is -0.564. The predicted molar refractivity (Wildman–Crippen MR) is 132 cm³/mol. The first-order chi connectivity index (χ1) is 15.8. The summed E-state index contributed by atoms with van der Waals surface area (Å²) in [5, 5.41) is 0. The number of hydrogen-bond acceptors (Lipinski definition) is 5. The number of rotatable bonds is 8. The molecule has 2 aromatic carbocycles. The summed E-state index contributed by atoms with van der Waals surface area (Å²) < 4.78 is 11.8. The van der Waals surface area contributed by atoms with E-state index in [1.807, 2.05) is 44.2 Å². The Morgan fingerprint density at radius 2 is 1.79 bits per heavy atom. The second-order valence-electron chi connectivity index (χ2n) is 9.05. The van der Waals surface area contributed by atoms with E-state index in [-0.39, 0.29) is 17.7 Å². The number of hydrogen-bond donors (Lipinski definition) is 0. The van der Waals surface area contributed by atoms with Crippen LogP contribution in [0.3, 0.4) is 0 Å².